The summed E-state index contributed by atoms with van der Waals surface area (Å²) in [4.78, 5) is 14.2. The van der Waals surface area contributed by atoms with Crippen LogP contribution >= 0.6 is 0 Å². The van der Waals surface area contributed by atoms with Gasteiger partial charge in [0, 0.05) is 32.7 Å². The second-order valence-corrected chi connectivity index (χ2v) is 7.85. The van der Waals surface area contributed by atoms with Crippen LogP contribution in [-0.4, -0.2) is 62.3 Å². The lowest BCUT2D eigenvalue weighted by atomic mass is 9.97. The quantitative estimate of drug-likeness (QED) is 0.673. The topological polar surface area (TPSA) is 95.7 Å². The van der Waals surface area contributed by atoms with Gasteiger partial charge in [0.1, 0.15) is 0 Å². The van der Waals surface area contributed by atoms with Crippen molar-refractivity contribution in [3.8, 4) is 0 Å². The van der Waals surface area contributed by atoms with Crippen molar-refractivity contribution < 1.29 is 13.2 Å². The zero-order chi connectivity index (χ0) is 16.9. The SMILES string of the molecule is CC(C(=O)NCCC1=CCCCC1)N1CCN(S(N)(=O)=O)CC1. The Morgan fingerprint density at radius 2 is 2.00 bits per heavy atom. The number of nitrogens with zero attached hydrogens (tertiary/aromatic N) is 2. The molecule has 1 atom stereocenters. The van der Waals surface area contributed by atoms with Gasteiger partial charge >= 0.3 is 0 Å². The van der Waals surface area contributed by atoms with Crippen molar-refractivity contribution in [1.29, 1.82) is 0 Å². The number of hydrogen-bond acceptors (Lipinski definition) is 4. The molecule has 0 radical (unpaired) electrons. The third-order valence-corrected chi connectivity index (χ3v) is 5.78. The highest BCUT2D eigenvalue weighted by Gasteiger charge is 2.28. The predicted octanol–water partition coefficient (Wildman–Crippen LogP) is 0.203. The Hall–Kier alpha value is -0.960. The normalized spacial score (nSPS) is 22.4. The van der Waals surface area contributed by atoms with Gasteiger partial charge in [0.25, 0.3) is 10.2 Å². The average Bonchev–Trinajstić information content (AvgIpc) is 2.54. The number of carbonyl (C=O) groups excluding carboxylic acids is 1. The molecule has 1 amide bonds. The third-order valence-electron chi connectivity index (χ3n) is 4.69. The number of rotatable bonds is 6. The van der Waals surface area contributed by atoms with Gasteiger partial charge in [-0.05, 0) is 39.0 Å². The number of amides is 1. The lowest BCUT2D eigenvalue weighted by Crippen LogP contribution is -2.55. The largest absolute Gasteiger partial charge is 0.354 e. The molecule has 0 spiro atoms. The molecule has 0 bridgehead atoms. The van der Waals surface area contributed by atoms with E-state index in [0.717, 1.165) is 19.3 Å². The van der Waals surface area contributed by atoms with Gasteiger partial charge < -0.3 is 5.32 Å². The molecule has 0 aromatic carbocycles. The fourth-order valence-electron chi connectivity index (χ4n) is 3.14. The number of nitrogens with two attached hydrogens (primary N) is 1. The molecular weight excluding hydrogens is 316 g/mol. The minimum atomic E-state index is -3.62. The van der Waals surface area contributed by atoms with E-state index in [0.29, 0.717) is 32.7 Å². The molecule has 132 valence electrons. The summed E-state index contributed by atoms with van der Waals surface area (Å²) < 4.78 is 23.8. The maximum absolute atomic E-state index is 12.2. The van der Waals surface area contributed by atoms with Crippen LogP contribution in [0.5, 0.6) is 0 Å². The minimum Gasteiger partial charge on any atom is -0.354 e. The molecule has 2 rings (SSSR count). The van der Waals surface area contributed by atoms with Gasteiger partial charge in [0.15, 0.2) is 0 Å². The summed E-state index contributed by atoms with van der Waals surface area (Å²) >= 11 is 0. The first-order valence-corrected chi connectivity index (χ1v) is 9.86. The molecule has 0 aromatic rings. The van der Waals surface area contributed by atoms with Gasteiger partial charge in [-0.15, -0.1) is 0 Å². The van der Waals surface area contributed by atoms with Crippen molar-refractivity contribution in [3.05, 3.63) is 11.6 Å². The lowest BCUT2D eigenvalue weighted by Gasteiger charge is -2.35. The Bertz CT molecular complexity index is 539. The summed E-state index contributed by atoms with van der Waals surface area (Å²) in [5, 5.41) is 8.11. The highest BCUT2D eigenvalue weighted by molar-refractivity contribution is 7.86. The molecule has 7 nitrogen and oxygen atoms in total. The second-order valence-electron chi connectivity index (χ2n) is 6.31. The van der Waals surface area contributed by atoms with Gasteiger partial charge in [0.05, 0.1) is 6.04 Å². The van der Waals surface area contributed by atoms with Gasteiger partial charge in [-0.1, -0.05) is 11.6 Å². The van der Waals surface area contributed by atoms with E-state index in [1.807, 2.05) is 11.8 Å². The highest BCUT2D eigenvalue weighted by Crippen LogP contribution is 2.19. The highest BCUT2D eigenvalue weighted by atomic mass is 32.2. The van der Waals surface area contributed by atoms with Crippen LogP contribution in [0.2, 0.25) is 0 Å². The van der Waals surface area contributed by atoms with Gasteiger partial charge in [-0.3, -0.25) is 9.69 Å². The van der Waals surface area contributed by atoms with Crippen molar-refractivity contribution in [1.82, 2.24) is 14.5 Å². The number of allylic oxidation sites excluding steroid dienone is 1. The molecule has 8 heteroatoms. The molecule has 1 heterocycles. The third kappa shape index (κ3) is 5.56. The Kier molecular flexibility index (Phi) is 6.58. The first-order chi connectivity index (χ1) is 10.9. The fraction of sp³-hybridized carbons (Fsp3) is 0.800. The molecular formula is C15H28N4O3S. The summed E-state index contributed by atoms with van der Waals surface area (Å²) in [5.41, 5.74) is 1.45. The van der Waals surface area contributed by atoms with Crippen LogP contribution < -0.4 is 10.5 Å². The van der Waals surface area contributed by atoms with E-state index in [2.05, 4.69) is 11.4 Å². The van der Waals surface area contributed by atoms with Crippen molar-refractivity contribution >= 4 is 16.1 Å². The standard InChI is InChI=1S/C15H28N4O3S/c1-13(18-9-11-19(12-10-18)23(16,21)22)15(20)17-8-7-14-5-3-2-4-6-14/h5,13H,2-4,6-12H2,1H3,(H,17,20)(H2,16,21,22). The van der Waals surface area contributed by atoms with E-state index in [9.17, 15) is 13.2 Å². The molecule has 1 aliphatic carbocycles. The van der Waals surface area contributed by atoms with E-state index in [-0.39, 0.29) is 11.9 Å². The smallest absolute Gasteiger partial charge is 0.276 e. The molecule has 1 aliphatic heterocycles. The monoisotopic (exact) mass is 344 g/mol. The van der Waals surface area contributed by atoms with Gasteiger partial charge in [-0.25, -0.2) is 5.14 Å². The molecule has 23 heavy (non-hydrogen) atoms. The Balaban J connectivity index is 1.71. The number of hydrogen-bond donors (Lipinski definition) is 2. The van der Waals surface area contributed by atoms with Crippen molar-refractivity contribution in [2.75, 3.05) is 32.7 Å². The zero-order valence-corrected chi connectivity index (χ0v) is 14.6. The molecule has 1 fully saturated rings. The maximum Gasteiger partial charge on any atom is 0.276 e. The summed E-state index contributed by atoms with van der Waals surface area (Å²) in [6.45, 7) is 4.26. The lowest BCUT2D eigenvalue weighted by molar-refractivity contribution is -0.126. The number of carbonyl (C=O) groups is 1. The van der Waals surface area contributed by atoms with Crippen LogP contribution in [0.25, 0.3) is 0 Å². The fourth-order valence-corrected chi connectivity index (χ4v) is 3.81. The summed E-state index contributed by atoms with van der Waals surface area (Å²) in [7, 11) is -3.62. The van der Waals surface area contributed by atoms with Crippen LogP contribution in [0.4, 0.5) is 0 Å². The maximum atomic E-state index is 12.2. The minimum absolute atomic E-state index is 0.00506. The molecule has 1 saturated heterocycles. The van der Waals surface area contributed by atoms with Crippen molar-refractivity contribution in [2.45, 2.75) is 45.1 Å². The van der Waals surface area contributed by atoms with Crippen LogP contribution in [0.1, 0.15) is 39.0 Å². The van der Waals surface area contributed by atoms with Gasteiger partial charge in [0.2, 0.25) is 5.91 Å². The summed E-state index contributed by atoms with van der Waals surface area (Å²) in [6, 6.07) is -0.252. The molecule has 1 unspecified atom stereocenters. The zero-order valence-electron chi connectivity index (χ0n) is 13.8. The Labute approximate surface area is 139 Å². The summed E-state index contributed by atoms with van der Waals surface area (Å²) in [5.74, 6) is 0.00506. The molecule has 3 N–H and O–H groups in total. The van der Waals surface area contributed by atoms with Crippen LogP contribution in [0, 0.1) is 0 Å². The molecule has 2 aliphatic rings. The van der Waals surface area contributed by atoms with Gasteiger partial charge in [-0.2, -0.15) is 12.7 Å². The molecule has 0 aromatic heterocycles. The van der Waals surface area contributed by atoms with E-state index >= 15 is 0 Å². The predicted molar refractivity (Wildman–Crippen MR) is 89.9 cm³/mol. The summed E-state index contributed by atoms with van der Waals surface area (Å²) in [6.07, 6.45) is 8.07. The number of nitrogens with one attached hydrogen (secondary N) is 1. The van der Waals surface area contributed by atoms with Crippen molar-refractivity contribution in [2.24, 2.45) is 5.14 Å². The van der Waals surface area contributed by atoms with Crippen LogP contribution in [0.15, 0.2) is 11.6 Å². The molecule has 0 saturated carbocycles. The van der Waals surface area contributed by atoms with Crippen LogP contribution in [-0.2, 0) is 15.0 Å². The average molecular weight is 344 g/mol. The Morgan fingerprint density at radius 3 is 2.57 bits per heavy atom. The Morgan fingerprint density at radius 1 is 1.30 bits per heavy atom. The second kappa shape index (κ2) is 8.23. The van der Waals surface area contributed by atoms with Crippen molar-refractivity contribution in [3.63, 3.8) is 0 Å². The first kappa shape index (κ1) is 18.4. The van der Waals surface area contributed by atoms with E-state index in [1.54, 1.807) is 0 Å². The van der Waals surface area contributed by atoms with E-state index in [1.165, 1.54) is 22.7 Å². The first-order valence-electron chi connectivity index (χ1n) is 8.35. The van der Waals surface area contributed by atoms with E-state index < -0.39 is 10.2 Å². The van der Waals surface area contributed by atoms with E-state index in [4.69, 9.17) is 5.14 Å². The number of piperazine rings is 1. The van der Waals surface area contributed by atoms with Crippen LogP contribution in [0.3, 0.4) is 0 Å².